The van der Waals surface area contributed by atoms with Crippen LogP contribution in [0.1, 0.15) is 34.5 Å². The number of pyridine rings is 1. The number of aromatic amines is 1. The summed E-state index contributed by atoms with van der Waals surface area (Å²) >= 11 is 0. The maximum absolute atomic E-state index is 11.7. The second kappa shape index (κ2) is 5.93. The van der Waals surface area contributed by atoms with Crippen LogP contribution in [0.15, 0.2) is 18.2 Å². The van der Waals surface area contributed by atoms with E-state index in [0.717, 1.165) is 36.4 Å². The van der Waals surface area contributed by atoms with Gasteiger partial charge in [0.15, 0.2) is 5.69 Å². The molecule has 0 aliphatic carbocycles. The van der Waals surface area contributed by atoms with Gasteiger partial charge in [0.25, 0.3) is 0 Å². The van der Waals surface area contributed by atoms with Crippen molar-refractivity contribution >= 4 is 16.9 Å². The van der Waals surface area contributed by atoms with Crippen molar-refractivity contribution in [3.63, 3.8) is 0 Å². The molecule has 0 saturated carbocycles. The lowest BCUT2D eigenvalue weighted by molar-refractivity contribution is -0.901. The maximum atomic E-state index is 11.7. The first-order valence-corrected chi connectivity index (χ1v) is 7.69. The van der Waals surface area contributed by atoms with Gasteiger partial charge in [-0.3, -0.25) is 0 Å². The number of aryl methyl sites for hydroxylation is 1. The summed E-state index contributed by atoms with van der Waals surface area (Å²) in [6, 6.07) is 5.20. The minimum Gasteiger partial charge on any atom is -0.506 e. The van der Waals surface area contributed by atoms with E-state index in [2.05, 4.69) is 4.98 Å². The molecule has 22 heavy (non-hydrogen) atoms. The van der Waals surface area contributed by atoms with Gasteiger partial charge in [-0.1, -0.05) is 0 Å². The largest absolute Gasteiger partial charge is 0.506 e. The number of esters is 1. The SMILES string of the molecule is COC(=O)c1ccc2[nH+]c(C)c(C[NH+]3CCCC3)c(O)c2c1. The summed E-state index contributed by atoms with van der Waals surface area (Å²) in [5.41, 5.74) is 3.19. The summed E-state index contributed by atoms with van der Waals surface area (Å²) < 4.78 is 4.75. The number of hydrogen-bond donors (Lipinski definition) is 2. The van der Waals surface area contributed by atoms with E-state index in [0.29, 0.717) is 10.9 Å². The van der Waals surface area contributed by atoms with E-state index >= 15 is 0 Å². The Morgan fingerprint density at radius 1 is 1.36 bits per heavy atom. The number of nitrogens with one attached hydrogen (secondary N) is 2. The third-order valence-corrected chi connectivity index (χ3v) is 4.49. The number of H-pyrrole nitrogens is 1. The molecular weight excluding hydrogens is 280 g/mol. The molecule has 0 radical (unpaired) electrons. The number of aromatic nitrogens is 1. The Bertz CT molecular complexity index is 721. The molecule has 3 N–H and O–H groups in total. The second-order valence-electron chi connectivity index (χ2n) is 5.96. The first-order chi connectivity index (χ1) is 10.6. The Kier molecular flexibility index (Phi) is 3.98. The van der Waals surface area contributed by atoms with Crippen molar-refractivity contribution in [3.05, 3.63) is 35.0 Å². The number of hydrogen-bond acceptors (Lipinski definition) is 3. The van der Waals surface area contributed by atoms with E-state index in [-0.39, 0.29) is 5.75 Å². The number of quaternary nitrogens is 1. The van der Waals surface area contributed by atoms with Crippen LogP contribution in [0.2, 0.25) is 0 Å². The van der Waals surface area contributed by atoms with E-state index in [1.807, 2.05) is 6.92 Å². The Morgan fingerprint density at radius 3 is 2.77 bits per heavy atom. The summed E-state index contributed by atoms with van der Waals surface area (Å²) in [7, 11) is 1.36. The van der Waals surface area contributed by atoms with Crippen LogP contribution in [0.4, 0.5) is 0 Å². The number of rotatable bonds is 3. The molecule has 0 bridgehead atoms. The number of benzene rings is 1. The van der Waals surface area contributed by atoms with Gasteiger partial charge in [0.2, 0.25) is 5.52 Å². The zero-order valence-corrected chi connectivity index (χ0v) is 13.0. The number of carbonyl (C=O) groups excluding carboxylic acids is 1. The van der Waals surface area contributed by atoms with Gasteiger partial charge < -0.3 is 14.7 Å². The molecule has 5 heteroatoms. The van der Waals surface area contributed by atoms with E-state index in [1.165, 1.54) is 24.9 Å². The molecule has 2 heterocycles. The van der Waals surface area contributed by atoms with E-state index in [1.54, 1.807) is 18.2 Å². The van der Waals surface area contributed by atoms with Crippen LogP contribution in [-0.2, 0) is 11.3 Å². The number of ether oxygens (including phenoxy) is 1. The number of methoxy groups -OCH3 is 1. The molecular formula is C17H22N2O3+2. The van der Waals surface area contributed by atoms with Crippen LogP contribution in [0.5, 0.6) is 5.75 Å². The minimum atomic E-state index is -0.395. The number of carbonyl (C=O) groups is 1. The number of likely N-dealkylation sites (tertiary alicyclic amines) is 1. The average Bonchev–Trinajstić information content (AvgIpc) is 3.03. The van der Waals surface area contributed by atoms with Gasteiger partial charge in [-0.2, -0.15) is 0 Å². The smallest absolute Gasteiger partial charge is 0.337 e. The number of fused-ring (bicyclic) bond motifs is 1. The van der Waals surface area contributed by atoms with Crippen LogP contribution in [0.25, 0.3) is 10.9 Å². The molecule has 0 spiro atoms. The van der Waals surface area contributed by atoms with Gasteiger partial charge in [0.05, 0.1) is 31.1 Å². The molecule has 1 aliphatic heterocycles. The van der Waals surface area contributed by atoms with Crippen molar-refractivity contribution in [3.8, 4) is 5.75 Å². The van der Waals surface area contributed by atoms with Crippen LogP contribution in [-0.4, -0.2) is 31.3 Å². The molecule has 1 aromatic heterocycles. The van der Waals surface area contributed by atoms with E-state index < -0.39 is 5.97 Å². The van der Waals surface area contributed by atoms with Gasteiger partial charge in [0.1, 0.15) is 17.9 Å². The molecule has 1 fully saturated rings. The molecule has 0 amide bonds. The van der Waals surface area contributed by atoms with Gasteiger partial charge in [-0.05, 0) is 12.1 Å². The van der Waals surface area contributed by atoms with Gasteiger partial charge in [0, 0.05) is 25.8 Å². The van der Waals surface area contributed by atoms with Crippen LogP contribution >= 0.6 is 0 Å². The second-order valence-corrected chi connectivity index (χ2v) is 5.96. The topological polar surface area (TPSA) is 65.1 Å². The van der Waals surface area contributed by atoms with Crippen molar-refractivity contribution in [2.24, 2.45) is 0 Å². The Labute approximate surface area is 129 Å². The van der Waals surface area contributed by atoms with Crippen LogP contribution in [0.3, 0.4) is 0 Å². The quantitative estimate of drug-likeness (QED) is 0.818. The fourth-order valence-electron chi connectivity index (χ4n) is 3.23. The van der Waals surface area contributed by atoms with Crippen LogP contribution in [0, 0.1) is 6.92 Å². The van der Waals surface area contributed by atoms with Crippen molar-refractivity contribution in [1.29, 1.82) is 0 Å². The summed E-state index contributed by atoms with van der Waals surface area (Å²) in [5, 5.41) is 11.4. The lowest BCUT2D eigenvalue weighted by atomic mass is 10.0. The summed E-state index contributed by atoms with van der Waals surface area (Å²) in [6.45, 7) is 5.10. The monoisotopic (exact) mass is 302 g/mol. The highest BCUT2D eigenvalue weighted by molar-refractivity contribution is 5.95. The fraction of sp³-hybridized carbons (Fsp3) is 0.412. The van der Waals surface area contributed by atoms with Crippen molar-refractivity contribution in [2.45, 2.75) is 26.3 Å². The van der Waals surface area contributed by atoms with Crippen LogP contribution < -0.4 is 9.88 Å². The van der Waals surface area contributed by atoms with E-state index in [9.17, 15) is 9.90 Å². The standard InChI is InChI=1S/C17H20N2O3/c1-11-14(10-19-7-3-4-8-19)16(20)13-9-12(17(21)22-2)5-6-15(13)18-11/h5-6,9H,3-4,7-8,10H2,1-2H3,(H,18,20)/p+2. The molecule has 0 unspecified atom stereocenters. The Morgan fingerprint density at radius 2 is 2.09 bits per heavy atom. The Hall–Kier alpha value is -2.14. The molecule has 5 nitrogen and oxygen atoms in total. The lowest BCUT2D eigenvalue weighted by Gasteiger charge is -2.13. The van der Waals surface area contributed by atoms with E-state index in [4.69, 9.17) is 4.74 Å². The average molecular weight is 302 g/mol. The van der Waals surface area contributed by atoms with Gasteiger partial charge >= 0.3 is 5.97 Å². The third-order valence-electron chi connectivity index (χ3n) is 4.49. The molecule has 1 aromatic carbocycles. The highest BCUT2D eigenvalue weighted by Crippen LogP contribution is 2.28. The molecule has 1 saturated heterocycles. The third kappa shape index (κ3) is 2.64. The predicted molar refractivity (Wildman–Crippen MR) is 81.9 cm³/mol. The molecule has 2 aromatic rings. The predicted octanol–water partition coefficient (Wildman–Crippen LogP) is 0.633. The summed E-state index contributed by atoms with van der Waals surface area (Å²) in [5.74, 6) is -0.120. The summed E-state index contributed by atoms with van der Waals surface area (Å²) in [6.07, 6.45) is 2.50. The lowest BCUT2D eigenvalue weighted by Crippen LogP contribution is -3.08. The zero-order chi connectivity index (χ0) is 15.7. The van der Waals surface area contributed by atoms with Crippen molar-refractivity contribution < 1.29 is 24.5 Å². The minimum absolute atomic E-state index is 0.274. The molecule has 116 valence electrons. The normalized spacial score (nSPS) is 15.4. The Balaban J connectivity index is 2.06. The number of aromatic hydroxyl groups is 1. The highest BCUT2D eigenvalue weighted by Gasteiger charge is 2.24. The van der Waals surface area contributed by atoms with Crippen molar-refractivity contribution in [2.75, 3.05) is 20.2 Å². The van der Waals surface area contributed by atoms with Gasteiger partial charge in [-0.15, -0.1) is 0 Å². The molecule has 1 aliphatic rings. The maximum Gasteiger partial charge on any atom is 0.337 e. The first-order valence-electron chi connectivity index (χ1n) is 7.69. The van der Waals surface area contributed by atoms with Crippen molar-refractivity contribution in [1.82, 2.24) is 0 Å². The summed E-state index contributed by atoms with van der Waals surface area (Å²) in [4.78, 5) is 16.5. The zero-order valence-electron chi connectivity index (χ0n) is 13.0. The molecule has 3 rings (SSSR count). The molecule has 0 atom stereocenters. The first kappa shape index (κ1) is 14.8. The fourth-order valence-corrected chi connectivity index (χ4v) is 3.23. The highest BCUT2D eigenvalue weighted by atomic mass is 16.5. The van der Waals surface area contributed by atoms with Gasteiger partial charge in [-0.25, -0.2) is 9.78 Å².